The Labute approximate surface area is 146 Å². The Kier molecular flexibility index (Phi) is 5.08. The lowest BCUT2D eigenvalue weighted by Gasteiger charge is -2.35. The topological polar surface area (TPSA) is 62.2 Å². The number of carbonyl (C=O) groups excluding carboxylic acids is 1. The Balaban J connectivity index is 1.63. The van der Waals surface area contributed by atoms with Crippen LogP contribution in [0.25, 0.3) is 0 Å². The Bertz CT molecular complexity index is 722. The van der Waals surface area contributed by atoms with Crippen molar-refractivity contribution in [1.29, 1.82) is 0 Å². The van der Waals surface area contributed by atoms with Crippen molar-refractivity contribution in [3.05, 3.63) is 33.7 Å². The number of piperazine rings is 1. The average Bonchev–Trinajstić information content (AvgIpc) is 3.06. The summed E-state index contributed by atoms with van der Waals surface area (Å²) in [6.45, 7) is 8.98. The van der Waals surface area contributed by atoms with Gasteiger partial charge < -0.3 is 9.80 Å². The summed E-state index contributed by atoms with van der Waals surface area (Å²) >= 11 is 1.58. The summed E-state index contributed by atoms with van der Waals surface area (Å²) in [5.41, 5.74) is 2.44. The molecule has 24 heavy (non-hydrogen) atoms. The summed E-state index contributed by atoms with van der Waals surface area (Å²) in [6, 6.07) is 0. The molecule has 1 aliphatic rings. The van der Waals surface area contributed by atoms with Crippen LogP contribution in [-0.4, -0.2) is 51.9 Å². The van der Waals surface area contributed by atoms with Gasteiger partial charge in [0.2, 0.25) is 0 Å². The van der Waals surface area contributed by atoms with Gasteiger partial charge in [0, 0.05) is 37.8 Å². The second-order valence-corrected chi connectivity index (χ2v) is 7.02. The number of anilines is 1. The Morgan fingerprint density at radius 2 is 1.96 bits per heavy atom. The van der Waals surface area contributed by atoms with E-state index in [9.17, 15) is 4.79 Å². The largest absolute Gasteiger partial charge is 0.352 e. The van der Waals surface area contributed by atoms with Crippen LogP contribution in [0.1, 0.15) is 40.2 Å². The highest BCUT2D eigenvalue weighted by molar-refractivity contribution is 7.09. The van der Waals surface area contributed by atoms with Crippen LogP contribution in [0.2, 0.25) is 0 Å². The molecule has 0 spiro atoms. The molecule has 3 heterocycles. The number of thiazole rings is 1. The predicted octanol–water partition coefficient (Wildman–Crippen LogP) is 2.46. The molecule has 7 heteroatoms. The fourth-order valence-electron chi connectivity index (χ4n) is 2.85. The van der Waals surface area contributed by atoms with Gasteiger partial charge in [-0.15, -0.1) is 11.3 Å². The number of hydrogen-bond donors (Lipinski definition) is 0. The normalized spacial score (nSPS) is 15.0. The minimum Gasteiger partial charge on any atom is -0.352 e. The summed E-state index contributed by atoms with van der Waals surface area (Å²) in [4.78, 5) is 30.2. The average molecular weight is 345 g/mol. The van der Waals surface area contributed by atoms with Gasteiger partial charge in [0.1, 0.15) is 11.5 Å². The highest BCUT2D eigenvalue weighted by Crippen LogP contribution is 2.19. The van der Waals surface area contributed by atoms with E-state index >= 15 is 0 Å². The minimum atomic E-state index is 0.0419. The number of rotatable bonds is 4. The van der Waals surface area contributed by atoms with E-state index in [0.29, 0.717) is 18.8 Å². The fourth-order valence-corrected chi connectivity index (χ4v) is 3.72. The first-order valence-corrected chi connectivity index (χ1v) is 9.25. The molecule has 2 aromatic heterocycles. The number of nitrogens with zero attached hydrogens (tertiary/aromatic N) is 5. The van der Waals surface area contributed by atoms with Crippen LogP contribution in [0.15, 0.2) is 11.6 Å². The Morgan fingerprint density at radius 3 is 2.67 bits per heavy atom. The van der Waals surface area contributed by atoms with Crippen LogP contribution >= 0.6 is 11.3 Å². The maximum atomic E-state index is 12.6. The SMILES string of the molecule is CCCc1nc(C(=O)N2CCN(c3nc(C)cnc3C)CC2)cs1. The third kappa shape index (κ3) is 3.56. The molecule has 0 aromatic carbocycles. The molecule has 3 rings (SSSR count). The van der Waals surface area contributed by atoms with Crippen LogP contribution in [0.3, 0.4) is 0 Å². The first-order valence-electron chi connectivity index (χ1n) is 8.37. The van der Waals surface area contributed by atoms with Crippen molar-refractivity contribution in [3.8, 4) is 0 Å². The zero-order chi connectivity index (χ0) is 17.1. The molecule has 128 valence electrons. The highest BCUT2D eigenvalue weighted by atomic mass is 32.1. The van der Waals surface area contributed by atoms with E-state index < -0.39 is 0 Å². The van der Waals surface area contributed by atoms with E-state index in [0.717, 1.165) is 48.1 Å². The molecule has 0 atom stereocenters. The van der Waals surface area contributed by atoms with E-state index in [1.807, 2.05) is 24.1 Å². The molecule has 1 fully saturated rings. The van der Waals surface area contributed by atoms with Crippen LogP contribution in [0.5, 0.6) is 0 Å². The van der Waals surface area contributed by atoms with Crippen molar-refractivity contribution >= 4 is 23.1 Å². The summed E-state index contributed by atoms with van der Waals surface area (Å²) in [5.74, 6) is 0.973. The van der Waals surface area contributed by atoms with E-state index in [-0.39, 0.29) is 5.91 Å². The molecule has 1 aliphatic heterocycles. The number of hydrogen-bond acceptors (Lipinski definition) is 6. The van der Waals surface area contributed by atoms with E-state index in [1.54, 1.807) is 17.5 Å². The number of aromatic nitrogens is 3. The van der Waals surface area contributed by atoms with Crippen molar-refractivity contribution in [3.63, 3.8) is 0 Å². The van der Waals surface area contributed by atoms with E-state index in [4.69, 9.17) is 0 Å². The van der Waals surface area contributed by atoms with Gasteiger partial charge in [0.05, 0.1) is 16.4 Å². The molecule has 0 bridgehead atoms. The fraction of sp³-hybridized carbons (Fsp3) is 0.529. The number of carbonyl (C=O) groups is 1. The number of aryl methyl sites for hydroxylation is 3. The standard InChI is InChI=1S/C17H23N5OS/c1-4-5-15-20-14(11-24-15)17(23)22-8-6-21(7-9-22)16-13(3)18-10-12(2)19-16/h10-11H,4-9H2,1-3H3. The van der Waals surface area contributed by atoms with Gasteiger partial charge in [-0.05, 0) is 26.7 Å². The second-order valence-electron chi connectivity index (χ2n) is 6.08. The molecular formula is C17H23N5OS. The van der Waals surface area contributed by atoms with Crippen LogP contribution in [0.4, 0.5) is 5.82 Å². The first-order chi connectivity index (χ1) is 11.6. The van der Waals surface area contributed by atoms with E-state index in [1.165, 1.54) is 0 Å². The third-order valence-corrected chi connectivity index (χ3v) is 5.06. The smallest absolute Gasteiger partial charge is 0.273 e. The van der Waals surface area contributed by atoms with Crippen LogP contribution in [-0.2, 0) is 6.42 Å². The van der Waals surface area contributed by atoms with Crippen molar-refractivity contribution in [2.75, 3.05) is 31.1 Å². The van der Waals surface area contributed by atoms with Gasteiger partial charge in [0.15, 0.2) is 0 Å². The molecule has 1 amide bonds. The summed E-state index contributed by atoms with van der Waals surface area (Å²) in [7, 11) is 0. The van der Waals surface area contributed by atoms with Gasteiger partial charge >= 0.3 is 0 Å². The Hall–Kier alpha value is -2.02. The maximum Gasteiger partial charge on any atom is 0.273 e. The van der Waals surface area contributed by atoms with E-state index in [2.05, 4.69) is 26.8 Å². The second kappa shape index (κ2) is 7.25. The monoisotopic (exact) mass is 345 g/mol. The van der Waals surface area contributed by atoms with Gasteiger partial charge in [-0.2, -0.15) is 0 Å². The van der Waals surface area contributed by atoms with Crippen LogP contribution < -0.4 is 4.90 Å². The summed E-state index contributed by atoms with van der Waals surface area (Å²) < 4.78 is 0. The Morgan fingerprint density at radius 1 is 1.21 bits per heavy atom. The number of amides is 1. The van der Waals surface area contributed by atoms with Crippen molar-refractivity contribution in [1.82, 2.24) is 19.9 Å². The van der Waals surface area contributed by atoms with Gasteiger partial charge in [-0.25, -0.2) is 9.97 Å². The zero-order valence-corrected chi connectivity index (χ0v) is 15.3. The minimum absolute atomic E-state index is 0.0419. The van der Waals surface area contributed by atoms with Crippen molar-refractivity contribution in [2.24, 2.45) is 0 Å². The summed E-state index contributed by atoms with van der Waals surface area (Å²) in [5, 5.41) is 2.93. The molecule has 1 saturated heterocycles. The third-order valence-electron chi connectivity index (χ3n) is 4.15. The molecule has 2 aromatic rings. The van der Waals surface area contributed by atoms with Crippen molar-refractivity contribution in [2.45, 2.75) is 33.6 Å². The lowest BCUT2D eigenvalue weighted by molar-refractivity contribution is 0.0741. The maximum absolute atomic E-state index is 12.6. The zero-order valence-electron chi connectivity index (χ0n) is 14.4. The predicted molar refractivity (Wildman–Crippen MR) is 95.7 cm³/mol. The summed E-state index contributed by atoms with van der Waals surface area (Å²) in [6.07, 6.45) is 3.78. The van der Waals surface area contributed by atoms with Gasteiger partial charge in [0.25, 0.3) is 5.91 Å². The van der Waals surface area contributed by atoms with Crippen LogP contribution in [0, 0.1) is 13.8 Å². The lowest BCUT2D eigenvalue weighted by atomic mass is 10.2. The van der Waals surface area contributed by atoms with Crippen molar-refractivity contribution < 1.29 is 4.79 Å². The molecule has 0 saturated carbocycles. The molecular weight excluding hydrogens is 322 g/mol. The first kappa shape index (κ1) is 16.8. The molecule has 0 N–H and O–H groups in total. The quantitative estimate of drug-likeness (QED) is 0.852. The van der Waals surface area contributed by atoms with Gasteiger partial charge in [-0.1, -0.05) is 6.92 Å². The highest BCUT2D eigenvalue weighted by Gasteiger charge is 2.25. The van der Waals surface area contributed by atoms with Gasteiger partial charge in [-0.3, -0.25) is 9.78 Å². The molecule has 0 radical (unpaired) electrons. The molecule has 0 unspecified atom stereocenters. The lowest BCUT2D eigenvalue weighted by Crippen LogP contribution is -2.49. The molecule has 0 aliphatic carbocycles. The molecule has 6 nitrogen and oxygen atoms in total.